The summed E-state index contributed by atoms with van der Waals surface area (Å²) >= 11 is 0. The van der Waals surface area contributed by atoms with Crippen LogP contribution in [0.4, 0.5) is 5.69 Å². The number of nitrogens with zero attached hydrogens (tertiary/aromatic N) is 1. The summed E-state index contributed by atoms with van der Waals surface area (Å²) in [6.45, 7) is 3.87. The van der Waals surface area contributed by atoms with Crippen LogP contribution in [-0.4, -0.2) is 48.9 Å². The van der Waals surface area contributed by atoms with Crippen molar-refractivity contribution in [3.63, 3.8) is 0 Å². The van der Waals surface area contributed by atoms with E-state index in [0.29, 0.717) is 17.9 Å². The third-order valence-corrected chi connectivity index (χ3v) is 5.05. The zero-order valence-corrected chi connectivity index (χ0v) is 17.7. The topological polar surface area (TPSA) is 87.7 Å². The van der Waals surface area contributed by atoms with Crippen LogP contribution in [0, 0.1) is 5.92 Å². The van der Waals surface area contributed by atoms with Crippen molar-refractivity contribution in [2.75, 3.05) is 25.5 Å². The summed E-state index contributed by atoms with van der Waals surface area (Å²) in [5.74, 6) is 0.334. The molecule has 0 spiro atoms. The highest BCUT2D eigenvalue weighted by molar-refractivity contribution is 5.95. The van der Waals surface area contributed by atoms with E-state index in [4.69, 9.17) is 4.74 Å². The Morgan fingerprint density at radius 3 is 2.31 bits per heavy atom. The van der Waals surface area contributed by atoms with Gasteiger partial charge in [-0.3, -0.25) is 14.4 Å². The van der Waals surface area contributed by atoms with E-state index in [-0.39, 0.29) is 42.8 Å². The first-order valence-corrected chi connectivity index (χ1v) is 10.4. The fourth-order valence-corrected chi connectivity index (χ4v) is 3.55. The highest BCUT2D eigenvalue weighted by atomic mass is 16.5. The van der Waals surface area contributed by atoms with Gasteiger partial charge in [-0.05, 0) is 43.0 Å². The SMILES string of the molecule is COc1ccc(NC(=O)CNC(=O)CN(C(=O)CC(C)C)C2CCCCC2)cc1. The normalized spacial score (nSPS) is 14.3. The molecular formula is C22H33N3O4. The van der Waals surface area contributed by atoms with Gasteiger partial charge in [-0.15, -0.1) is 0 Å². The van der Waals surface area contributed by atoms with Crippen molar-refractivity contribution in [3.05, 3.63) is 24.3 Å². The van der Waals surface area contributed by atoms with Gasteiger partial charge in [-0.1, -0.05) is 33.1 Å². The first kappa shape index (κ1) is 22.7. The van der Waals surface area contributed by atoms with Gasteiger partial charge in [0.2, 0.25) is 17.7 Å². The van der Waals surface area contributed by atoms with Crippen LogP contribution in [0.2, 0.25) is 0 Å². The summed E-state index contributed by atoms with van der Waals surface area (Å²) in [6, 6.07) is 7.07. The van der Waals surface area contributed by atoms with Gasteiger partial charge >= 0.3 is 0 Å². The Labute approximate surface area is 173 Å². The lowest BCUT2D eigenvalue weighted by molar-refractivity contribution is -0.139. The van der Waals surface area contributed by atoms with E-state index >= 15 is 0 Å². The molecule has 29 heavy (non-hydrogen) atoms. The summed E-state index contributed by atoms with van der Waals surface area (Å²) < 4.78 is 5.08. The minimum absolute atomic E-state index is 0.00599. The summed E-state index contributed by atoms with van der Waals surface area (Å²) in [5.41, 5.74) is 0.626. The second kappa shape index (κ2) is 11.4. The van der Waals surface area contributed by atoms with Crippen LogP contribution in [0.25, 0.3) is 0 Å². The second-order valence-corrected chi connectivity index (χ2v) is 7.96. The van der Waals surface area contributed by atoms with Crippen LogP contribution in [-0.2, 0) is 14.4 Å². The lowest BCUT2D eigenvalue weighted by Gasteiger charge is -2.34. The Morgan fingerprint density at radius 1 is 1.07 bits per heavy atom. The van der Waals surface area contributed by atoms with Gasteiger partial charge in [0.05, 0.1) is 20.2 Å². The van der Waals surface area contributed by atoms with E-state index < -0.39 is 0 Å². The average Bonchev–Trinajstić information content (AvgIpc) is 2.71. The Morgan fingerprint density at radius 2 is 1.72 bits per heavy atom. The van der Waals surface area contributed by atoms with Crippen LogP contribution < -0.4 is 15.4 Å². The Hall–Kier alpha value is -2.57. The number of nitrogens with one attached hydrogen (secondary N) is 2. The molecule has 0 atom stereocenters. The van der Waals surface area contributed by atoms with Crippen LogP contribution >= 0.6 is 0 Å². The fourth-order valence-electron chi connectivity index (χ4n) is 3.55. The molecule has 0 aromatic heterocycles. The number of amides is 3. The number of hydrogen-bond acceptors (Lipinski definition) is 4. The number of methoxy groups -OCH3 is 1. The van der Waals surface area contributed by atoms with Crippen LogP contribution in [0.3, 0.4) is 0 Å². The van der Waals surface area contributed by atoms with Crippen molar-refractivity contribution >= 4 is 23.4 Å². The van der Waals surface area contributed by atoms with Gasteiger partial charge in [-0.25, -0.2) is 0 Å². The van der Waals surface area contributed by atoms with E-state index in [9.17, 15) is 14.4 Å². The van der Waals surface area contributed by atoms with Crippen molar-refractivity contribution in [2.24, 2.45) is 5.92 Å². The van der Waals surface area contributed by atoms with Crippen molar-refractivity contribution < 1.29 is 19.1 Å². The monoisotopic (exact) mass is 403 g/mol. The van der Waals surface area contributed by atoms with E-state index in [1.165, 1.54) is 6.42 Å². The number of benzene rings is 1. The summed E-state index contributed by atoms with van der Waals surface area (Å²) in [7, 11) is 1.58. The lowest BCUT2D eigenvalue weighted by atomic mass is 9.93. The Bertz CT molecular complexity index is 682. The molecule has 0 radical (unpaired) electrons. The molecule has 1 saturated carbocycles. The molecule has 1 aliphatic carbocycles. The van der Waals surface area contributed by atoms with Gasteiger partial charge in [0.1, 0.15) is 5.75 Å². The maximum absolute atomic E-state index is 12.7. The molecule has 2 N–H and O–H groups in total. The first-order chi connectivity index (χ1) is 13.9. The Kier molecular flexibility index (Phi) is 8.96. The molecule has 1 aliphatic rings. The van der Waals surface area contributed by atoms with Crippen LogP contribution in [0.15, 0.2) is 24.3 Å². The molecule has 7 nitrogen and oxygen atoms in total. The third kappa shape index (κ3) is 7.75. The first-order valence-electron chi connectivity index (χ1n) is 10.4. The molecule has 2 rings (SSSR count). The van der Waals surface area contributed by atoms with Crippen LogP contribution in [0.5, 0.6) is 5.75 Å². The minimum Gasteiger partial charge on any atom is -0.497 e. The molecule has 0 aliphatic heterocycles. The molecule has 1 aromatic rings. The fraction of sp³-hybridized carbons (Fsp3) is 0.591. The molecule has 1 fully saturated rings. The molecule has 0 heterocycles. The second-order valence-electron chi connectivity index (χ2n) is 7.96. The molecule has 0 unspecified atom stereocenters. The maximum atomic E-state index is 12.7. The summed E-state index contributed by atoms with van der Waals surface area (Å²) in [6.07, 6.45) is 5.66. The Balaban J connectivity index is 1.85. The van der Waals surface area contributed by atoms with E-state index in [1.807, 2.05) is 13.8 Å². The van der Waals surface area contributed by atoms with Gasteiger partial charge < -0.3 is 20.3 Å². The molecule has 1 aromatic carbocycles. The maximum Gasteiger partial charge on any atom is 0.243 e. The van der Waals surface area contributed by atoms with E-state index in [0.717, 1.165) is 25.7 Å². The van der Waals surface area contributed by atoms with Gasteiger partial charge in [0.25, 0.3) is 0 Å². The largest absolute Gasteiger partial charge is 0.497 e. The number of hydrogen-bond donors (Lipinski definition) is 2. The van der Waals surface area contributed by atoms with Gasteiger partial charge in [0, 0.05) is 18.2 Å². The molecular weight excluding hydrogens is 370 g/mol. The third-order valence-electron chi connectivity index (χ3n) is 5.05. The molecule has 0 bridgehead atoms. The number of rotatable bonds is 9. The van der Waals surface area contributed by atoms with Crippen molar-refractivity contribution in [2.45, 2.75) is 58.4 Å². The lowest BCUT2D eigenvalue weighted by Crippen LogP contribution is -2.48. The predicted octanol–water partition coefficient (Wildman–Crippen LogP) is 2.96. The highest BCUT2D eigenvalue weighted by Crippen LogP contribution is 2.23. The number of ether oxygens (including phenoxy) is 1. The number of carbonyl (C=O) groups is 3. The minimum atomic E-state index is -0.318. The van der Waals surface area contributed by atoms with Crippen LogP contribution in [0.1, 0.15) is 52.4 Å². The molecule has 0 saturated heterocycles. The quantitative estimate of drug-likeness (QED) is 0.664. The predicted molar refractivity (Wildman–Crippen MR) is 113 cm³/mol. The van der Waals surface area contributed by atoms with Crippen molar-refractivity contribution in [1.82, 2.24) is 10.2 Å². The van der Waals surface area contributed by atoms with Gasteiger partial charge in [0.15, 0.2) is 0 Å². The average molecular weight is 404 g/mol. The molecule has 160 valence electrons. The molecule has 3 amide bonds. The number of anilines is 1. The zero-order valence-electron chi connectivity index (χ0n) is 17.7. The smallest absolute Gasteiger partial charge is 0.243 e. The van der Waals surface area contributed by atoms with Gasteiger partial charge in [-0.2, -0.15) is 0 Å². The summed E-state index contributed by atoms with van der Waals surface area (Å²) in [4.78, 5) is 38.9. The number of carbonyl (C=O) groups excluding carboxylic acids is 3. The van der Waals surface area contributed by atoms with Crippen molar-refractivity contribution in [3.8, 4) is 5.75 Å². The van der Waals surface area contributed by atoms with E-state index in [1.54, 1.807) is 36.3 Å². The molecule has 7 heteroatoms. The van der Waals surface area contributed by atoms with E-state index in [2.05, 4.69) is 10.6 Å². The zero-order chi connectivity index (χ0) is 21.2. The summed E-state index contributed by atoms with van der Waals surface area (Å²) in [5, 5.41) is 5.36. The van der Waals surface area contributed by atoms with Crippen molar-refractivity contribution in [1.29, 1.82) is 0 Å². The highest BCUT2D eigenvalue weighted by Gasteiger charge is 2.27. The standard InChI is InChI=1S/C22H33N3O4/c1-16(2)13-22(28)25(18-7-5-4-6-8-18)15-21(27)23-14-20(26)24-17-9-11-19(29-3)12-10-17/h9-12,16,18H,4-8,13-15H2,1-3H3,(H,23,27)(H,24,26).